The molecule has 0 bridgehead atoms. The minimum Gasteiger partial charge on any atom is -0.309 e. The number of para-hydroxylation sites is 2. The van der Waals surface area contributed by atoms with Gasteiger partial charge >= 0.3 is 0 Å². The Kier molecular flexibility index (Phi) is 7.90. The lowest BCUT2D eigenvalue weighted by Gasteiger charge is -2.28. The Morgan fingerprint density at radius 2 is 1.04 bits per heavy atom. The third-order valence-corrected chi connectivity index (χ3v) is 12.2. The summed E-state index contributed by atoms with van der Waals surface area (Å²) in [6, 6.07) is 59.3. The van der Waals surface area contributed by atoms with Gasteiger partial charge in [0.25, 0.3) is 0 Å². The lowest BCUT2D eigenvalue weighted by Crippen LogP contribution is -2.11. The molecule has 0 amide bonds. The van der Waals surface area contributed by atoms with E-state index in [2.05, 4.69) is 169 Å². The highest BCUT2D eigenvalue weighted by molar-refractivity contribution is 7.26. The number of halogens is 1. The standard InChI is InChI=1S/C45H32ClNS2/c46-32-28-39(44-40(29-32)37-21-11-12-22-42(37)48-44)35(25-24-30-14-4-1-5-15-30)31-26-38-36-20-10-13-23-43(36)49-45(38)41(27-31)47(33-16-6-2-7-17-33)34-18-8-3-9-19-34/h1-23,26-29,35H,24-25H2. The molecule has 0 aliphatic carbocycles. The van der Waals surface area contributed by atoms with Crippen LogP contribution in [0, 0.1) is 0 Å². The number of anilines is 3. The topological polar surface area (TPSA) is 3.24 Å². The second-order valence-corrected chi connectivity index (χ2v) is 15.1. The molecule has 4 heteroatoms. The maximum Gasteiger partial charge on any atom is 0.0643 e. The monoisotopic (exact) mass is 685 g/mol. The van der Waals surface area contributed by atoms with Crippen LogP contribution in [0.3, 0.4) is 0 Å². The molecule has 236 valence electrons. The van der Waals surface area contributed by atoms with E-state index in [0.717, 1.165) is 29.2 Å². The van der Waals surface area contributed by atoms with Crippen LogP contribution in [0.25, 0.3) is 40.3 Å². The molecule has 0 radical (unpaired) electrons. The van der Waals surface area contributed by atoms with Gasteiger partial charge in [0, 0.05) is 58.0 Å². The van der Waals surface area contributed by atoms with Crippen molar-refractivity contribution in [1.29, 1.82) is 0 Å². The van der Waals surface area contributed by atoms with E-state index < -0.39 is 0 Å². The second kappa shape index (κ2) is 12.8. The third-order valence-electron chi connectivity index (χ3n) is 9.56. The van der Waals surface area contributed by atoms with E-state index in [1.807, 2.05) is 22.7 Å². The molecular weight excluding hydrogens is 654 g/mol. The largest absolute Gasteiger partial charge is 0.309 e. The van der Waals surface area contributed by atoms with Crippen LogP contribution >= 0.6 is 34.3 Å². The average molecular weight is 686 g/mol. The van der Waals surface area contributed by atoms with Crippen molar-refractivity contribution >= 4 is 91.7 Å². The van der Waals surface area contributed by atoms with Crippen molar-refractivity contribution in [1.82, 2.24) is 0 Å². The highest BCUT2D eigenvalue weighted by Gasteiger charge is 2.25. The van der Waals surface area contributed by atoms with Gasteiger partial charge in [0.2, 0.25) is 0 Å². The molecule has 0 aliphatic rings. The zero-order valence-electron chi connectivity index (χ0n) is 26.7. The Labute approximate surface area is 299 Å². The lowest BCUT2D eigenvalue weighted by molar-refractivity contribution is 0.721. The molecule has 1 unspecified atom stereocenters. The molecule has 0 fully saturated rings. The summed E-state index contributed by atoms with van der Waals surface area (Å²) in [5.74, 6) is 0.115. The zero-order valence-corrected chi connectivity index (χ0v) is 29.1. The van der Waals surface area contributed by atoms with Gasteiger partial charge in [-0.15, -0.1) is 22.7 Å². The molecule has 2 heterocycles. The molecule has 0 aliphatic heterocycles. The van der Waals surface area contributed by atoms with Crippen LogP contribution in [0.1, 0.15) is 29.0 Å². The molecule has 49 heavy (non-hydrogen) atoms. The average Bonchev–Trinajstić information content (AvgIpc) is 3.72. The fraction of sp³-hybridized carbons (Fsp3) is 0.0667. The lowest BCUT2D eigenvalue weighted by atomic mass is 9.84. The fourth-order valence-electron chi connectivity index (χ4n) is 7.31. The summed E-state index contributed by atoms with van der Waals surface area (Å²) in [5, 5.41) is 5.89. The van der Waals surface area contributed by atoms with E-state index >= 15 is 0 Å². The normalized spacial score (nSPS) is 12.3. The van der Waals surface area contributed by atoms with E-state index in [-0.39, 0.29) is 5.92 Å². The molecular formula is C45H32ClNS2. The fourth-order valence-corrected chi connectivity index (χ4v) is 9.98. The molecule has 9 rings (SSSR count). The minimum atomic E-state index is 0.115. The van der Waals surface area contributed by atoms with Crippen LogP contribution in [0.4, 0.5) is 17.1 Å². The molecule has 1 nitrogen and oxygen atoms in total. The molecule has 9 aromatic rings. The first-order valence-corrected chi connectivity index (χ1v) is 18.7. The summed E-state index contributed by atoms with van der Waals surface area (Å²) in [6.07, 6.45) is 1.92. The van der Waals surface area contributed by atoms with Gasteiger partial charge < -0.3 is 4.90 Å². The van der Waals surface area contributed by atoms with E-state index in [9.17, 15) is 0 Å². The summed E-state index contributed by atoms with van der Waals surface area (Å²) in [4.78, 5) is 2.43. The van der Waals surface area contributed by atoms with Gasteiger partial charge in [0.1, 0.15) is 0 Å². The van der Waals surface area contributed by atoms with Gasteiger partial charge in [0.15, 0.2) is 0 Å². The van der Waals surface area contributed by atoms with Gasteiger partial charge in [-0.25, -0.2) is 0 Å². The second-order valence-electron chi connectivity index (χ2n) is 12.6. The number of nitrogens with zero attached hydrogens (tertiary/aromatic N) is 1. The zero-order chi connectivity index (χ0) is 32.7. The van der Waals surface area contributed by atoms with Gasteiger partial charge in [-0.3, -0.25) is 0 Å². The Balaban J connectivity index is 1.34. The van der Waals surface area contributed by atoms with Gasteiger partial charge in [-0.05, 0) is 90.2 Å². The van der Waals surface area contributed by atoms with Crippen LogP contribution in [-0.4, -0.2) is 0 Å². The third kappa shape index (κ3) is 5.58. The molecule has 7 aromatic carbocycles. The van der Waals surface area contributed by atoms with Crippen molar-refractivity contribution < 1.29 is 0 Å². The number of hydrogen-bond donors (Lipinski definition) is 0. The first kappa shape index (κ1) is 30.2. The smallest absolute Gasteiger partial charge is 0.0643 e. The molecule has 0 spiro atoms. The van der Waals surface area contributed by atoms with Crippen molar-refractivity contribution in [3.8, 4) is 0 Å². The van der Waals surface area contributed by atoms with E-state index in [4.69, 9.17) is 11.6 Å². The van der Waals surface area contributed by atoms with Crippen LogP contribution < -0.4 is 4.90 Å². The van der Waals surface area contributed by atoms with Crippen LogP contribution in [-0.2, 0) is 6.42 Å². The highest BCUT2D eigenvalue weighted by atomic mass is 35.5. The summed E-state index contributed by atoms with van der Waals surface area (Å²) >= 11 is 10.8. The van der Waals surface area contributed by atoms with Crippen LogP contribution in [0.5, 0.6) is 0 Å². The van der Waals surface area contributed by atoms with Gasteiger partial charge in [0.05, 0.1) is 10.4 Å². The molecule has 1 atom stereocenters. The van der Waals surface area contributed by atoms with Crippen molar-refractivity contribution in [3.05, 3.63) is 186 Å². The number of aryl methyl sites for hydroxylation is 1. The van der Waals surface area contributed by atoms with Crippen molar-refractivity contribution in [3.63, 3.8) is 0 Å². The van der Waals surface area contributed by atoms with E-state index in [0.29, 0.717) is 0 Å². The Morgan fingerprint density at radius 1 is 0.510 bits per heavy atom. The minimum absolute atomic E-state index is 0.115. The molecule has 0 N–H and O–H groups in total. The number of fused-ring (bicyclic) bond motifs is 6. The number of rotatable bonds is 8. The number of benzene rings is 7. The number of hydrogen-bond acceptors (Lipinski definition) is 3. The quantitative estimate of drug-likeness (QED) is 0.154. The van der Waals surface area contributed by atoms with Crippen molar-refractivity contribution in [2.24, 2.45) is 0 Å². The predicted octanol–water partition coefficient (Wildman–Crippen LogP) is 14.3. The van der Waals surface area contributed by atoms with Crippen molar-refractivity contribution in [2.45, 2.75) is 18.8 Å². The van der Waals surface area contributed by atoms with Gasteiger partial charge in [-0.1, -0.05) is 115 Å². The first-order chi connectivity index (χ1) is 24.2. The Bertz CT molecular complexity index is 2530. The summed E-state index contributed by atoms with van der Waals surface area (Å²) < 4.78 is 5.20. The summed E-state index contributed by atoms with van der Waals surface area (Å²) in [7, 11) is 0. The first-order valence-electron chi connectivity index (χ1n) is 16.7. The van der Waals surface area contributed by atoms with Crippen molar-refractivity contribution in [2.75, 3.05) is 4.90 Å². The van der Waals surface area contributed by atoms with Crippen LogP contribution in [0.15, 0.2) is 164 Å². The summed E-state index contributed by atoms with van der Waals surface area (Å²) in [6.45, 7) is 0. The highest BCUT2D eigenvalue weighted by Crippen LogP contribution is 2.49. The van der Waals surface area contributed by atoms with Gasteiger partial charge in [-0.2, -0.15) is 0 Å². The number of thiophene rings is 2. The maximum atomic E-state index is 7.03. The summed E-state index contributed by atoms with van der Waals surface area (Å²) in [5.41, 5.74) is 7.43. The SMILES string of the molecule is Clc1cc(C(CCc2ccccc2)c2cc(N(c3ccccc3)c3ccccc3)c3sc4ccccc4c3c2)c2sc3ccccc3c2c1. The Morgan fingerprint density at radius 3 is 1.67 bits per heavy atom. The molecule has 2 aromatic heterocycles. The Hall–Kier alpha value is -4.93. The van der Waals surface area contributed by atoms with E-state index in [1.54, 1.807) is 0 Å². The molecule has 0 saturated heterocycles. The predicted molar refractivity (Wildman–Crippen MR) is 215 cm³/mol. The van der Waals surface area contributed by atoms with Crippen LogP contribution in [0.2, 0.25) is 5.02 Å². The molecule has 0 saturated carbocycles. The maximum absolute atomic E-state index is 7.03. The van der Waals surface area contributed by atoms with E-state index in [1.165, 1.54) is 62.7 Å².